The summed E-state index contributed by atoms with van der Waals surface area (Å²) in [5, 5.41) is 14.6. The van der Waals surface area contributed by atoms with Gasteiger partial charge in [0.15, 0.2) is 17.5 Å². The minimum atomic E-state index is 0. The molecule has 0 unspecified atom stereocenters. The van der Waals surface area contributed by atoms with Gasteiger partial charge in [0.2, 0.25) is 5.89 Å². The highest BCUT2D eigenvalue weighted by Gasteiger charge is 2.13. The van der Waals surface area contributed by atoms with Gasteiger partial charge in [-0.3, -0.25) is 4.99 Å². The molecule has 0 aromatic carbocycles. The maximum absolute atomic E-state index is 5.41. The van der Waals surface area contributed by atoms with E-state index >= 15 is 0 Å². The molecule has 0 saturated carbocycles. The predicted molar refractivity (Wildman–Crippen MR) is 116 cm³/mol. The molecular weight excluding hydrogens is 459 g/mol. The molecule has 2 aromatic heterocycles. The number of nitrogens with one attached hydrogen (secondary N) is 2. The van der Waals surface area contributed by atoms with Crippen molar-refractivity contribution in [3.63, 3.8) is 0 Å². The highest BCUT2D eigenvalue weighted by atomic mass is 127. The summed E-state index contributed by atoms with van der Waals surface area (Å²) in [6.45, 7) is 9.59. The molecule has 0 amide bonds. The Bertz CT molecular complexity index is 694. The van der Waals surface area contributed by atoms with Crippen LogP contribution in [0.2, 0.25) is 0 Å². The van der Waals surface area contributed by atoms with Crippen LogP contribution in [0.25, 0.3) is 0 Å². The zero-order valence-electron chi connectivity index (χ0n) is 16.8. The standard InChI is InChI=1S/C18H30N6O2.HI/c1-6-13(7-2)15-10-14(25-23-15)11-21-18(19-5)20-9-8-16-22-17(12(3)4)24-26-16;/h10,12-13H,6-9,11H2,1-5H3,(H2,19,20,21);1H. The molecule has 0 radical (unpaired) electrons. The van der Waals surface area contributed by atoms with Crippen LogP contribution in [0.5, 0.6) is 0 Å². The highest BCUT2D eigenvalue weighted by Crippen LogP contribution is 2.22. The van der Waals surface area contributed by atoms with Gasteiger partial charge < -0.3 is 19.7 Å². The SMILES string of the molecule is CCC(CC)c1cc(CNC(=NC)NCCc2nc(C(C)C)no2)on1.I. The van der Waals surface area contributed by atoms with E-state index in [0.717, 1.165) is 30.1 Å². The van der Waals surface area contributed by atoms with Crippen molar-refractivity contribution in [3.8, 4) is 0 Å². The summed E-state index contributed by atoms with van der Waals surface area (Å²) in [5.41, 5.74) is 1.02. The Kier molecular flexibility index (Phi) is 10.3. The monoisotopic (exact) mass is 490 g/mol. The number of halogens is 1. The third kappa shape index (κ3) is 7.11. The zero-order chi connectivity index (χ0) is 18.9. The summed E-state index contributed by atoms with van der Waals surface area (Å²) in [5.74, 6) is 3.57. The molecule has 9 heteroatoms. The van der Waals surface area contributed by atoms with Crippen molar-refractivity contribution in [2.24, 2.45) is 4.99 Å². The molecule has 8 nitrogen and oxygen atoms in total. The average Bonchev–Trinajstić information content (AvgIpc) is 3.29. The Morgan fingerprint density at radius 3 is 2.48 bits per heavy atom. The van der Waals surface area contributed by atoms with Crippen LogP contribution in [0.1, 0.15) is 75.5 Å². The second-order valence-corrected chi connectivity index (χ2v) is 6.54. The summed E-state index contributed by atoms with van der Waals surface area (Å²) in [6, 6.07) is 2.02. The Labute approximate surface area is 178 Å². The number of guanidine groups is 1. The minimum absolute atomic E-state index is 0. The molecule has 2 rings (SSSR count). The van der Waals surface area contributed by atoms with E-state index in [1.807, 2.05) is 19.9 Å². The molecule has 0 fully saturated rings. The predicted octanol–water partition coefficient (Wildman–Crippen LogP) is 3.61. The lowest BCUT2D eigenvalue weighted by Gasteiger charge is -2.09. The smallest absolute Gasteiger partial charge is 0.228 e. The van der Waals surface area contributed by atoms with E-state index in [-0.39, 0.29) is 29.9 Å². The van der Waals surface area contributed by atoms with Crippen molar-refractivity contribution >= 4 is 29.9 Å². The van der Waals surface area contributed by atoms with E-state index in [4.69, 9.17) is 9.05 Å². The first-order valence-electron chi connectivity index (χ1n) is 9.29. The van der Waals surface area contributed by atoms with Crippen molar-refractivity contribution in [2.45, 2.75) is 65.3 Å². The van der Waals surface area contributed by atoms with Crippen LogP contribution in [0, 0.1) is 0 Å². The molecule has 2 N–H and O–H groups in total. The number of nitrogens with zero attached hydrogens (tertiary/aromatic N) is 4. The largest absolute Gasteiger partial charge is 0.359 e. The van der Waals surface area contributed by atoms with Gasteiger partial charge >= 0.3 is 0 Å². The van der Waals surface area contributed by atoms with Gasteiger partial charge in [0.05, 0.1) is 12.2 Å². The Morgan fingerprint density at radius 2 is 1.89 bits per heavy atom. The lowest BCUT2D eigenvalue weighted by atomic mass is 9.99. The third-order valence-electron chi connectivity index (χ3n) is 4.27. The van der Waals surface area contributed by atoms with Crippen LogP contribution in [-0.2, 0) is 13.0 Å². The summed E-state index contributed by atoms with van der Waals surface area (Å²) < 4.78 is 10.6. The van der Waals surface area contributed by atoms with Gasteiger partial charge in [-0.15, -0.1) is 24.0 Å². The molecule has 27 heavy (non-hydrogen) atoms. The molecule has 0 aliphatic heterocycles. The van der Waals surface area contributed by atoms with Crippen molar-refractivity contribution in [2.75, 3.05) is 13.6 Å². The first-order chi connectivity index (χ1) is 12.6. The molecule has 0 saturated heterocycles. The number of hydrogen-bond donors (Lipinski definition) is 2. The lowest BCUT2D eigenvalue weighted by molar-refractivity contribution is 0.367. The Hall–Kier alpha value is -1.65. The normalized spacial score (nSPS) is 11.7. The van der Waals surface area contributed by atoms with Crippen molar-refractivity contribution < 1.29 is 9.05 Å². The van der Waals surface area contributed by atoms with E-state index < -0.39 is 0 Å². The van der Waals surface area contributed by atoms with Gasteiger partial charge in [0.25, 0.3) is 0 Å². The second kappa shape index (κ2) is 11.9. The number of aromatic nitrogens is 3. The van der Waals surface area contributed by atoms with Gasteiger partial charge in [-0.2, -0.15) is 4.98 Å². The first kappa shape index (κ1) is 23.4. The van der Waals surface area contributed by atoms with E-state index in [1.165, 1.54) is 0 Å². The minimum Gasteiger partial charge on any atom is -0.359 e. The molecule has 0 bridgehead atoms. The summed E-state index contributed by atoms with van der Waals surface area (Å²) in [7, 11) is 1.73. The molecular formula is C18H31IN6O2. The maximum atomic E-state index is 5.41. The van der Waals surface area contributed by atoms with Gasteiger partial charge in [0.1, 0.15) is 0 Å². The quantitative estimate of drug-likeness (QED) is 0.315. The second-order valence-electron chi connectivity index (χ2n) is 6.54. The van der Waals surface area contributed by atoms with Gasteiger partial charge in [-0.25, -0.2) is 0 Å². The fraction of sp³-hybridized carbons (Fsp3) is 0.667. The molecule has 152 valence electrons. The maximum Gasteiger partial charge on any atom is 0.228 e. The summed E-state index contributed by atoms with van der Waals surface area (Å²) >= 11 is 0. The van der Waals surface area contributed by atoms with E-state index in [1.54, 1.807) is 7.05 Å². The summed E-state index contributed by atoms with van der Waals surface area (Å²) in [4.78, 5) is 8.57. The first-order valence-corrected chi connectivity index (χ1v) is 9.29. The van der Waals surface area contributed by atoms with Crippen molar-refractivity contribution in [1.82, 2.24) is 25.9 Å². The van der Waals surface area contributed by atoms with Crippen molar-refractivity contribution in [3.05, 3.63) is 29.2 Å². The van der Waals surface area contributed by atoms with E-state index in [0.29, 0.717) is 37.3 Å². The van der Waals surface area contributed by atoms with Gasteiger partial charge in [-0.1, -0.05) is 38.0 Å². The van der Waals surface area contributed by atoms with Crippen LogP contribution in [-0.4, -0.2) is 34.8 Å². The van der Waals surface area contributed by atoms with Gasteiger partial charge in [0, 0.05) is 37.9 Å². The van der Waals surface area contributed by atoms with E-state index in [9.17, 15) is 0 Å². The molecule has 2 heterocycles. The number of aliphatic imine (C=N–C) groups is 1. The molecule has 0 aliphatic carbocycles. The molecule has 2 aromatic rings. The average molecular weight is 490 g/mol. The van der Waals surface area contributed by atoms with Crippen LogP contribution >= 0.6 is 24.0 Å². The molecule has 0 atom stereocenters. The highest BCUT2D eigenvalue weighted by molar-refractivity contribution is 14.0. The van der Waals surface area contributed by atoms with Gasteiger partial charge in [-0.05, 0) is 12.8 Å². The van der Waals surface area contributed by atoms with Crippen LogP contribution < -0.4 is 10.6 Å². The number of rotatable bonds is 9. The lowest BCUT2D eigenvalue weighted by Crippen LogP contribution is -2.37. The topological polar surface area (TPSA) is 101 Å². The number of hydrogen-bond acceptors (Lipinski definition) is 6. The van der Waals surface area contributed by atoms with Crippen LogP contribution in [0.3, 0.4) is 0 Å². The van der Waals surface area contributed by atoms with Crippen LogP contribution in [0.15, 0.2) is 20.1 Å². The molecule has 0 aliphatic rings. The fourth-order valence-electron chi connectivity index (χ4n) is 2.60. The molecule has 0 spiro atoms. The third-order valence-corrected chi connectivity index (χ3v) is 4.27. The Morgan fingerprint density at radius 1 is 1.15 bits per heavy atom. The van der Waals surface area contributed by atoms with Crippen LogP contribution in [0.4, 0.5) is 0 Å². The zero-order valence-corrected chi connectivity index (χ0v) is 19.1. The Balaban J connectivity index is 0.00000364. The van der Waals surface area contributed by atoms with E-state index in [2.05, 4.69) is 44.8 Å². The fourth-order valence-corrected chi connectivity index (χ4v) is 2.60. The summed E-state index contributed by atoms with van der Waals surface area (Å²) in [6.07, 6.45) is 2.77. The van der Waals surface area contributed by atoms with Crippen molar-refractivity contribution in [1.29, 1.82) is 0 Å².